The molecule has 164 valence electrons. The summed E-state index contributed by atoms with van der Waals surface area (Å²) in [5, 5.41) is 2.88. The zero-order chi connectivity index (χ0) is 22.2. The summed E-state index contributed by atoms with van der Waals surface area (Å²) >= 11 is 0. The van der Waals surface area contributed by atoms with Gasteiger partial charge in [0.25, 0.3) is 5.91 Å². The molecule has 0 spiro atoms. The largest absolute Gasteiger partial charge is 0.480 e. The van der Waals surface area contributed by atoms with Gasteiger partial charge in [-0.05, 0) is 55.2 Å². The average Bonchev–Trinajstić information content (AvgIpc) is 3.57. The molecule has 0 saturated heterocycles. The first kappa shape index (κ1) is 21.2. The number of fused-ring (bicyclic) bond motifs is 1. The average molecular weight is 432 g/mol. The van der Waals surface area contributed by atoms with E-state index in [9.17, 15) is 22.8 Å². The highest BCUT2D eigenvalue weighted by Crippen LogP contribution is 2.34. The van der Waals surface area contributed by atoms with E-state index >= 15 is 0 Å². The van der Waals surface area contributed by atoms with Gasteiger partial charge in [0.05, 0.1) is 5.56 Å². The number of nitrogens with one attached hydrogen (secondary N) is 1. The number of benzene rings is 2. The summed E-state index contributed by atoms with van der Waals surface area (Å²) in [6.07, 6.45) is -2.97. The summed E-state index contributed by atoms with van der Waals surface area (Å²) in [5.74, 6) is 0.284. The highest BCUT2D eigenvalue weighted by molar-refractivity contribution is 5.94. The number of amides is 2. The second-order valence-electron chi connectivity index (χ2n) is 7.99. The molecule has 1 aliphatic carbocycles. The van der Waals surface area contributed by atoms with Crippen LogP contribution in [0.15, 0.2) is 42.5 Å². The van der Waals surface area contributed by atoms with Gasteiger partial charge in [-0.25, -0.2) is 0 Å². The molecule has 1 aliphatic heterocycles. The number of rotatable bonds is 5. The lowest BCUT2D eigenvalue weighted by molar-refractivity contribution is -0.139. The predicted molar refractivity (Wildman–Crippen MR) is 108 cm³/mol. The van der Waals surface area contributed by atoms with E-state index < -0.39 is 17.8 Å². The maximum absolute atomic E-state index is 13.1. The van der Waals surface area contributed by atoms with Crippen LogP contribution in [0.25, 0.3) is 0 Å². The Bertz CT molecular complexity index is 1000. The summed E-state index contributed by atoms with van der Waals surface area (Å²) in [7, 11) is 0. The molecule has 2 amide bonds. The number of nitrogens with zero attached hydrogens (tertiary/aromatic N) is 1. The third-order valence-corrected chi connectivity index (χ3v) is 5.49. The predicted octanol–water partition coefficient (Wildman–Crippen LogP) is 4.75. The van der Waals surface area contributed by atoms with E-state index in [2.05, 4.69) is 5.32 Å². The van der Waals surface area contributed by atoms with Crippen molar-refractivity contribution >= 4 is 17.5 Å². The first-order valence-electron chi connectivity index (χ1n) is 10.3. The first-order valence-corrected chi connectivity index (χ1v) is 10.3. The Morgan fingerprint density at radius 3 is 2.65 bits per heavy atom. The van der Waals surface area contributed by atoms with Crippen LogP contribution < -0.4 is 10.1 Å². The van der Waals surface area contributed by atoms with Gasteiger partial charge in [0, 0.05) is 30.3 Å². The van der Waals surface area contributed by atoms with Crippen molar-refractivity contribution in [1.29, 1.82) is 0 Å². The molecule has 0 aromatic heterocycles. The molecule has 1 heterocycles. The Hall–Kier alpha value is -3.03. The van der Waals surface area contributed by atoms with E-state index in [0.717, 1.165) is 25.0 Å². The molecule has 1 N–H and O–H groups in total. The van der Waals surface area contributed by atoms with Crippen molar-refractivity contribution in [3.05, 3.63) is 59.2 Å². The molecule has 8 heteroatoms. The molecule has 4 rings (SSSR count). The number of alkyl halides is 3. The van der Waals surface area contributed by atoms with Gasteiger partial charge >= 0.3 is 6.18 Å². The minimum absolute atomic E-state index is 0.0285. The van der Waals surface area contributed by atoms with Crippen LogP contribution in [-0.4, -0.2) is 22.8 Å². The molecule has 1 atom stereocenters. The molecule has 1 fully saturated rings. The standard InChI is InChI=1S/C23H23F3N2O3/c1-2-19-22(30)28(12-14-4-3-5-17(10-14)23(24,25)26)13-16-11-18(8-9-20(16)31-19)27-21(29)15-6-7-15/h3-5,8-11,15,19H,2,6-7,12-13H2,1H3,(H,27,29). The highest BCUT2D eigenvalue weighted by atomic mass is 19.4. The van der Waals surface area contributed by atoms with Gasteiger partial charge in [0.1, 0.15) is 5.75 Å². The van der Waals surface area contributed by atoms with Crippen LogP contribution in [0.1, 0.15) is 42.9 Å². The van der Waals surface area contributed by atoms with Crippen molar-refractivity contribution < 1.29 is 27.5 Å². The van der Waals surface area contributed by atoms with Gasteiger partial charge < -0.3 is 15.0 Å². The summed E-state index contributed by atoms with van der Waals surface area (Å²) in [4.78, 5) is 26.6. The van der Waals surface area contributed by atoms with E-state index in [-0.39, 0.29) is 30.8 Å². The zero-order valence-corrected chi connectivity index (χ0v) is 17.0. The number of ether oxygens (including phenoxy) is 1. The molecular formula is C23H23F3N2O3. The Morgan fingerprint density at radius 2 is 1.97 bits per heavy atom. The number of anilines is 1. The number of carbonyl (C=O) groups excluding carboxylic acids is 2. The normalized spacial score (nSPS) is 18.8. The number of carbonyl (C=O) groups is 2. The number of halogens is 3. The van der Waals surface area contributed by atoms with Crippen LogP contribution in [0.2, 0.25) is 0 Å². The summed E-state index contributed by atoms with van der Waals surface area (Å²) in [6.45, 7) is 2.02. The molecule has 5 nitrogen and oxygen atoms in total. The second kappa shape index (κ2) is 8.24. The molecule has 0 radical (unpaired) electrons. The molecule has 31 heavy (non-hydrogen) atoms. The van der Waals surface area contributed by atoms with E-state index in [1.165, 1.54) is 11.0 Å². The van der Waals surface area contributed by atoms with Crippen molar-refractivity contribution in [3.63, 3.8) is 0 Å². The third kappa shape index (κ3) is 4.84. The molecule has 2 aromatic rings. The van der Waals surface area contributed by atoms with E-state index in [1.807, 2.05) is 6.92 Å². The van der Waals surface area contributed by atoms with Gasteiger partial charge in [-0.3, -0.25) is 9.59 Å². The van der Waals surface area contributed by atoms with Crippen molar-refractivity contribution in [2.75, 3.05) is 5.32 Å². The minimum Gasteiger partial charge on any atom is -0.480 e. The van der Waals surface area contributed by atoms with Crippen LogP contribution >= 0.6 is 0 Å². The number of hydrogen-bond donors (Lipinski definition) is 1. The Balaban J connectivity index is 1.59. The number of hydrogen-bond acceptors (Lipinski definition) is 3. The highest BCUT2D eigenvalue weighted by Gasteiger charge is 2.33. The third-order valence-electron chi connectivity index (χ3n) is 5.49. The van der Waals surface area contributed by atoms with Crippen LogP contribution in [0.3, 0.4) is 0 Å². The molecule has 2 aromatic carbocycles. The van der Waals surface area contributed by atoms with E-state index in [0.29, 0.717) is 29.0 Å². The molecule has 1 unspecified atom stereocenters. The van der Waals surface area contributed by atoms with Crippen molar-refractivity contribution in [1.82, 2.24) is 4.90 Å². The fourth-order valence-electron chi connectivity index (χ4n) is 3.63. The van der Waals surface area contributed by atoms with Gasteiger partial charge in [-0.1, -0.05) is 19.1 Å². The lowest BCUT2D eigenvalue weighted by atomic mass is 10.1. The Kier molecular flexibility index (Phi) is 5.64. The smallest absolute Gasteiger partial charge is 0.416 e. The summed E-state index contributed by atoms with van der Waals surface area (Å²) < 4.78 is 45.1. The fourth-order valence-corrected chi connectivity index (χ4v) is 3.63. The minimum atomic E-state index is -4.45. The van der Waals surface area contributed by atoms with Crippen molar-refractivity contribution in [2.24, 2.45) is 5.92 Å². The summed E-state index contributed by atoms with van der Waals surface area (Å²) in [6, 6.07) is 10.2. The van der Waals surface area contributed by atoms with Crippen LogP contribution in [0, 0.1) is 5.92 Å². The van der Waals surface area contributed by atoms with Gasteiger partial charge in [0.15, 0.2) is 6.10 Å². The lowest BCUT2D eigenvalue weighted by Gasteiger charge is -2.23. The second-order valence-corrected chi connectivity index (χ2v) is 7.99. The van der Waals surface area contributed by atoms with Crippen LogP contribution in [0.5, 0.6) is 5.75 Å². The molecular weight excluding hydrogens is 409 g/mol. The summed E-state index contributed by atoms with van der Waals surface area (Å²) in [5.41, 5.74) is 0.950. The Labute approximate surface area is 178 Å². The molecule has 0 bridgehead atoms. The van der Waals surface area contributed by atoms with Gasteiger partial charge in [-0.2, -0.15) is 13.2 Å². The van der Waals surface area contributed by atoms with E-state index in [4.69, 9.17) is 4.74 Å². The SMILES string of the molecule is CCC1Oc2ccc(NC(=O)C3CC3)cc2CN(Cc2cccc(C(F)(F)F)c2)C1=O. The van der Waals surface area contributed by atoms with Crippen LogP contribution in [0.4, 0.5) is 18.9 Å². The van der Waals surface area contributed by atoms with Crippen LogP contribution in [-0.2, 0) is 28.9 Å². The maximum Gasteiger partial charge on any atom is 0.416 e. The van der Waals surface area contributed by atoms with Gasteiger partial charge in [0.2, 0.25) is 5.91 Å². The van der Waals surface area contributed by atoms with Crippen molar-refractivity contribution in [3.8, 4) is 5.75 Å². The van der Waals surface area contributed by atoms with E-state index in [1.54, 1.807) is 24.3 Å². The topological polar surface area (TPSA) is 58.6 Å². The monoisotopic (exact) mass is 432 g/mol. The molecule has 1 saturated carbocycles. The zero-order valence-electron chi connectivity index (χ0n) is 17.0. The lowest BCUT2D eigenvalue weighted by Crippen LogP contribution is -2.38. The van der Waals surface area contributed by atoms with Crippen molar-refractivity contribution in [2.45, 2.75) is 51.6 Å². The first-order chi connectivity index (χ1) is 14.7. The molecule has 2 aliphatic rings. The van der Waals surface area contributed by atoms with Gasteiger partial charge in [-0.15, -0.1) is 0 Å². The quantitative estimate of drug-likeness (QED) is 0.742. The fraction of sp³-hybridized carbons (Fsp3) is 0.391. The maximum atomic E-state index is 13.1. The Morgan fingerprint density at radius 1 is 1.19 bits per heavy atom.